The lowest BCUT2D eigenvalue weighted by molar-refractivity contribution is -0.271. The third-order valence-electron chi connectivity index (χ3n) is 5.86. The second kappa shape index (κ2) is 11.7. The molecule has 0 aliphatic rings. The minimum absolute atomic E-state index is 0.553. The van der Waals surface area contributed by atoms with Crippen LogP contribution in [0.25, 0.3) is 10.9 Å². The summed E-state index contributed by atoms with van der Waals surface area (Å²) in [6, 6.07) is 26.0. The fourth-order valence-electron chi connectivity index (χ4n) is 4.23. The number of aryl methyl sites for hydroxylation is 1. The van der Waals surface area contributed by atoms with Crippen molar-refractivity contribution >= 4 is 10.9 Å². The zero-order valence-electron chi connectivity index (χ0n) is 19.6. The Labute approximate surface area is 196 Å². The second-order valence-corrected chi connectivity index (χ2v) is 8.41. The molecule has 0 unspecified atom stereocenters. The Kier molecular flexibility index (Phi) is 8.18. The minimum atomic E-state index is 0.553. The first-order valence-electron chi connectivity index (χ1n) is 11.8. The van der Waals surface area contributed by atoms with E-state index in [2.05, 4.69) is 89.6 Å². The Hall–Kier alpha value is -3.08. The number of hydrogen-bond donors (Lipinski definition) is 1. The molecule has 0 aliphatic carbocycles. The van der Waals surface area contributed by atoms with E-state index < -0.39 is 0 Å². The van der Waals surface area contributed by atoms with Crippen molar-refractivity contribution in [2.24, 2.45) is 0 Å². The van der Waals surface area contributed by atoms with E-state index in [1.165, 1.54) is 40.4 Å². The predicted octanol–water partition coefficient (Wildman–Crippen LogP) is 6.45. The first kappa shape index (κ1) is 23.1. The van der Waals surface area contributed by atoms with E-state index in [9.17, 15) is 0 Å². The minimum Gasteiger partial charge on any atom is -0.493 e. The van der Waals surface area contributed by atoms with Crippen LogP contribution in [0.15, 0.2) is 72.8 Å². The number of aromatic nitrogens is 1. The molecule has 4 heteroatoms. The number of hydrogen-bond acceptors (Lipinski definition) is 3. The van der Waals surface area contributed by atoms with Crippen LogP contribution < -0.4 is 4.74 Å². The highest BCUT2D eigenvalue weighted by atomic mass is 17.2. The summed E-state index contributed by atoms with van der Waals surface area (Å²) in [6.45, 7) is 3.42. The quantitative estimate of drug-likeness (QED) is 0.155. The van der Waals surface area contributed by atoms with Crippen LogP contribution >= 0.6 is 0 Å². The van der Waals surface area contributed by atoms with Gasteiger partial charge in [-0.2, -0.15) is 0 Å². The number of H-pyrrole nitrogens is 1. The van der Waals surface area contributed by atoms with Crippen LogP contribution in [0.1, 0.15) is 41.3 Å². The van der Waals surface area contributed by atoms with Gasteiger partial charge in [-0.05, 0) is 71.2 Å². The Balaban J connectivity index is 1.37. The van der Waals surface area contributed by atoms with Gasteiger partial charge in [0.1, 0.15) is 5.75 Å². The van der Waals surface area contributed by atoms with Crippen LogP contribution in [-0.2, 0) is 35.5 Å². The van der Waals surface area contributed by atoms with Crippen LogP contribution in [-0.4, -0.2) is 25.3 Å². The average molecular weight is 444 g/mol. The summed E-state index contributed by atoms with van der Waals surface area (Å²) in [7, 11) is 1.54. The van der Waals surface area contributed by atoms with Crippen molar-refractivity contribution in [3.05, 3.63) is 101 Å². The van der Waals surface area contributed by atoms with Gasteiger partial charge >= 0.3 is 0 Å². The number of rotatable bonds is 12. The van der Waals surface area contributed by atoms with E-state index in [0.717, 1.165) is 43.4 Å². The van der Waals surface area contributed by atoms with Crippen molar-refractivity contribution in [2.45, 2.75) is 39.0 Å². The van der Waals surface area contributed by atoms with E-state index in [-0.39, 0.29) is 0 Å². The molecular formula is C29H33NO3. The summed E-state index contributed by atoms with van der Waals surface area (Å²) in [6.07, 6.45) is 4.75. The first-order chi connectivity index (χ1) is 16.2. The second-order valence-electron chi connectivity index (χ2n) is 8.41. The largest absolute Gasteiger partial charge is 0.493 e. The molecule has 4 aromatic rings. The van der Waals surface area contributed by atoms with Gasteiger partial charge < -0.3 is 9.72 Å². The van der Waals surface area contributed by atoms with Crippen LogP contribution in [0.3, 0.4) is 0 Å². The average Bonchev–Trinajstić information content (AvgIpc) is 3.23. The van der Waals surface area contributed by atoms with Crippen molar-refractivity contribution < 1.29 is 14.5 Å². The van der Waals surface area contributed by atoms with Gasteiger partial charge in [0.2, 0.25) is 0 Å². The van der Waals surface area contributed by atoms with E-state index in [1.54, 1.807) is 0 Å². The molecule has 4 nitrogen and oxygen atoms in total. The van der Waals surface area contributed by atoms with Crippen molar-refractivity contribution in [1.29, 1.82) is 0 Å². The number of nitrogens with one attached hydrogen (secondary N) is 1. The molecule has 172 valence electrons. The predicted molar refractivity (Wildman–Crippen MR) is 134 cm³/mol. The first-order valence-corrected chi connectivity index (χ1v) is 11.8. The van der Waals surface area contributed by atoms with Crippen LogP contribution in [0.4, 0.5) is 0 Å². The zero-order valence-corrected chi connectivity index (χ0v) is 19.6. The molecule has 0 radical (unpaired) electrons. The Morgan fingerprint density at radius 2 is 1.61 bits per heavy atom. The maximum absolute atomic E-state index is 6.23. The molecule has 0 aliphatic heterocycles. The molecular weight excluding hydrogens is 410 g/mol. The van der Waals surface area contributed by atoms with E-state index in [1.807, 2.05) is 0 Å². The lowest BCUT2D eigenvalue weighted by Gasteiger charge is -2.13. The monoisotopic (exact) mass is 443 g/mol. The fraction of sp³-hybridized carbons (Fsp3) is 0.310. The van der Waals surface area contributed by atoms with Gasteiger partial charge in [0.05, 0.1) is 20.3 Å². The standard InChI is InChI=1S/C29H33NO3/c1-3-7-25-20-24(18-22-8-5-4-6-9-22)11-13-29(25)32-16-15-27-21-26-19-23(14-17-33-31-2)10-12-28(26)30-27/h4-6,8-13,19-21,30H,3,7,14-18H2,1-2H3. The van der Waals surface area contributed by atoms with Crippen LogP contribution in [0.5, 0.6) is 5.75 Å². The molecule has 0 atom stereocenters. The molecule has 1 aromatic heterocycles. The van der Waals surface area contributed by atoms with Gasteiger partial charge in [0.15, 0.2) is 0 Å². The van der Waals surface area contributed by atoms with Crippen molar-refractivity contribution in [1.82, 2.24) is 4.98 Å². The summed E-state index contributed by atoms with van der Waals surface area (Å²) < 4.78 is 6.23. The molecule has 3 aromatic carbocycles. The van der Waals surface area contributed by atoms with Gasteiger partial charge in [-0.15, -0.1) is 0 Å². The van der Waals surface area contributed by atoms with Gasteiger partial charge in [-0.25, -0.2) is 9.78 Å². The molecule has 1 N–H and O–H groups in total. The third kappa shape index (κ3) is 6.47. The van der Waals surface area contributed by atoms with Gasteiger partial charge in [0, 0.05) is 17.6 Å². The highest BCUT2D eigenvalue weighted by Crippen LogP contribution is 2.24. The Morgan fingerprint density at radius 3 is 2.42 bits per heavy atom. The maximum atomic E-state index is 6.23. The SMILES string of the molecule is CCCc1cc(Cc2ccccc2)ccc1OCCc1cc2cc(CCOOC)ccc2[nH]1. The highest BCUT2D eigenvalue weighted by Gasteiger charge is 2.08. The molecule has 4 rings (SSSR count). The topological polar surface area (TPSA) is 43.5 Å². The summed E-state index contributed by atoms with van der Waals surface area (Å²) >= 11 is 0. The third-order valence-corrected chi connectivity index (χ3v) is 5.86. The van der Waals surface area contributed by atoms with Crippen molar-refractivity contribution in [3.8, 4) is 5.75 Å². The smallest absolute Gasteiger partial charge is 0.122 e. The normalized spacial score (nSPS) is 11.2. The molecule has 0 saturated heterocycles. The number of aromatic amines is 1. The Morgan fingerprint density at radius 1 is 0.758 bits per heavy atom. The van der Waals surface area contributed by atoms with Crippen molar-refractivity contribution in [3.63, 3.8) is 0 Å². The lowest BCUT2D eigenvalue weighted by Crippen LogP contribution is -2.04. The molecule has 0 saturated carbocycles. The van der Waals surface area contributed by atoms with E-state index in [4.69, 9.17) is 9.62 Å². The molecule has 0 amide bonds. The highest BCUT2D eigenvalue weighted by molar-refractivity contribution is 5.81. The van der Waals surface area contributed by atoms with Crippen LogP contribution in [0.2, 0.25) is 0 Å². The van der Waals surface area contributed by atoms with E-state index >= 15 is 0 Å². The number of ether oxygens (including phenoxy) is 1. The Bertz CT molecular complexity index is 1150. The van der Waals surface area contributed by atoms with Gasteiger partial charge in [-0.1, -0.05) is 61.9 Å². The zero-order chi connectivity index (χ0) is 22.9. The summed E-state index contributed by atoms with van der Waals surface area (Å²) in [5.41, 5.74) is 7.54. The molecule has 0 bridgehead atoms. The van der Waals surface area contributed by atoms with E-state index in [0.29, 0.717) is 13.2 Å². The summed E-state index contributed by atoms with van der Waals surface area (Å²) in [4.78, 5) is 13.2. The summed E-state index contributed by atoms with van der Waals surface area (Å²) in [5.74, 6) is 1.00. The number of fused-ring (bicyclic) bond motifs is 1. The fourth-order valence-corrected chi connectivity index (χ4v) is 4.23. The number of benzene rings is 3. The summed E-state index contributed by atoms with van der Waals surface area (Å²) in [5, 5.41) is 1.22. The molecule has 33 heavy (non-hydrogen) atoms. The van der Waals surface area contributed by atoms with Gasteiger partial charge in [0.25, 0.3) is 0 Å². The maximum Gasteiger partial charge on any atom is 0.122 e. The van der Waals surface area contributed by atoms with Crippen molar-refractivity contribution in [2.75, 3.05) is 20.3 Å². The van der Waals surface area contributed by atoms with Gasteiger partial charge in [-0.3, -0.25) is 0 Å². The molecule has 1 heterocycles. The molecule has 0 fully saturated rings. The molecule has 0 spiro atoms. The van der Waals surface area contributed by atoms with Crippen LogP contribution in [0, 0.1) is 0 Å². The lowest BCUT2D eigenvalue weighted by atomic mass is 10.0.